The number of nitrogens with zero attached hydrogens (tertiary/aromatic N) is 2. The number of rotatable bonds is 7. The van der Waals surface area contributed by atoms with Crippen molar-refractivity contribution in [3.05, 3.63) is 0 Å². The van der Waals surface area contributed by atoms with E-state index in [1.165, 1.54) is 27.9 Å². The van der Waals surface area contributed by atoms with E-state index in [0.717, 1.165) is 37.0 Å². The van der Waals surface area contributed by atoms with Crippen molar-refractivity contribution < 1.29 is 23.4 Å². The van der Waals surface area contributed by atoms with Crippen LogP contribution in [0.1, 0.15) is 51.4 Å². The number of carboxylic acid groups (broad SMARTS) is 1. The Morgan fingerprint density at radius 2 is 1.70 bits per heavy atom. The molecule has 5 fully saturated rings. The molecular formula is C19H32N2O5S. The molecule has 5 aliphatic rings. The minimum Gasteiger partial charge on any atom is -0.481 e. The van der Waals surface area contributed by atoms with Gasteiger partial charge in [-0.25, -0.2) is 0 Å². The number of piperidine rings is 1. The van der Waals surface area contributed by atoms with Crippen molar-refractivity contribution in [2.24, 2.45) is 29.1 Å². The van der Waals surface area contributed by atoms with Gasteiger partial charge in [-0.15, -0.1) is 0 Å². The predicted molar refractivity (Wildman–Crippen MR) is 100 cm³/mol. The van der Waals surface area contributed by atoms with Crippen molar-refractivity contribution in [1.29, 1.82) is 0 Å². The fourth-order valence-corrected chi connectivity index (χ4v) is 8.57. The highest BCUT2D eigenvalue weighted by molar-refractivity contribution is 7.86. The zero-order valence-electron chi connectivity index (χ0n) is 15.9. The first-order chi connectivity index (χ1) is 12.8. The number of hydrogen-bond donors (Lipinski definition) is 2. The van der Waals surface area contributed by atoms with Crippen LogP contribution in [-0.2, 0) is 15.0 Å². The van der Waals surface area contributed by atoms with E-state index in [-0.39, 0.29) is 25.1 Å². The predicted octanol–water partition coefficient (Wildman–Crippen LogP) is 1.54. The maximum absolute atomic E-state index is 13.3. The van der Waals surface area contributed by atoms with Crippen LogP contribution in [0.15, 0.2) is 0 Å². The van der Waals surface area contributed by atoms with Crippen molar-refractivity contribution in [3.8, 4) is 0 Å². The molecule has 1 aliphatic heterocycles. The Bertz CT molecular complexity index is 644. The molecule has 1 heterocycles. The highest BCUT2D eigenvalue weighted by Crippen LogP contribution is 2.60. The van der Waals surface area contributed by atoms with Crippen LogP contribution < -0.4 is 0 Å². The molecule has 154 valence electrons. The summed E-state index contributed by atoms with van der Waals surface area (Å²) in [5, 5.41) is 18.8. The normalized spacial score (nSPS) is 39.2. The fraction of sp³-hybridized carbons (Fsp3) is 0.947. The van der Waals surface area contributed by atoms with Gasteiger partial charge in [0.15, 0.2) is 0 Å². The summed E-state index contributed by atoms with van der Waals surface area (Å²) in [4.78, 5) is 11.3. The zero-order valence-corrected chi connectivity index (χ0v) is 16.7. The van der Waals surface area contributed by atoms with Crippen LogP contribution in [0.5, 0.6) is 0 Å². The van der Waals surface area contributed by atoms with Crippen molar-refractivity contribution in [2.45, 2.75) is 51.4 Å². The van der Waals surface area contributed by atoms with Gasteiger partial charge in [-0.3, -0.25) is 4.79 Å². The lowest BCUT2D eigenvalue weighted by molar-refractivity contribution is -0.142. The van der Waals surface area contributed by atoms with E-state index < -0.39 is 22.1 Å². The van der Waals surface area contributed by atoms with Gasteiger partial charge < -0.3 is 10.2 Å². The van der Waals surface area contributed by atoms with Gasteiger partial charge in [-0.2, -0.15) is 17.0 Å². The minimum absolute atomic E-state index is 0.0421. The molecule has 0 amide bonds. The fourth-order valence-electron chi connectivity index (χ4n) is 6.76. The van der Waals surface area contributed by atoms with E-state index in [1.807, 2.05) is 0 Å². The quantitative estimate of drug-likeness (QED) is 0.675. The van der Waals surface area contributed by atoms with E-state index in [2.05, 4.69) is 0 Å². The number of aliphatic hydroxyl groups is 1. The summed E-state index contributed by atoms with van der Waals surface area (Å²) in [5.41, 5.74) is 0.0545. The zero-order chi connectivity index (χ0) is 19.2. The highest BCUT2D eigenvalue weighted by atomic mass is 32.2. The van der Waals surface area contributed by atoms with Crippen LogP contribution in [0.3, 0.4) is 0 Å². The van der Waals surface area contributed by atoms with Crippen LogP contribution in [-0.4, -0.2) is 66.0 Å². The van der Waals surface area contributed by atoms with E-state index in [4.69, 9.17) is 0 Å². The Hall–Kier alpha value is -0.700. The molecule has 7 nitrogen and oxygen atoms in total. The smallest absolute Gasteiger partial charge is 0.307 e. The van der Waals surface area contributed by atoms with E-state index >= 15 is 0 Å². The average Bonchev–Trinajstić information content (AvgIpc) is 2.60. The van der Waals surface area contributed by atoms with Gasteiger partial charge in [-0.05, 0) is 74.5 Å². The molecule has 4 aliphatic carbocycles. The summed E-state index contributed by atoms with van der Waals surface area (Å²) in [7, 11) is -3.75. The van der Waals surface area contributed by atoms with Gasteiger partial charge in [0.05, 0.1) is 12.5 Å². The first kappa shape index (κ1) is 19.6. The average molecular weight is 401 g/mol. The molecule has 0 spiro atoms. The van der Waals surface area contributed by atoms with E-state index in [1.54, 1.807) is 0 Å². The van der Waals surface area contributed by atoms with Crippen LogP contribution >= 0.6 is 0 Å². The van der Waals surface area contributed by atoms with Crippen LogP contribution in [0, 0.1) is 29.1 Å². The Kier molecular flexibility index (Phi) is 5.29. The van der Waals surface area contributed by atoms with Crippen molar-refractivity contribution in [3.63, 3.8) is 0 Å². The Balaban J connectivity index is 1.52. The summed E-state index contributed by atoms with van der Waals surface area (Å²) in [6.45, 7) is 0.781. The number of aliphatic carboxylic acids is 1. The second-order valence-electron chi connectivity index (χ2n) is 9.52. The van der Waals surface area contributed by atoms with Crippen molar-refractivity contribution in [1.82, 2.24) is 8.61 Å². The lowest BCUT2D eigenvalue weighted by Crippen LogP contribution is -2.56. The Morgan fingerprint density at radius 3 is 2.22 bits per heavy atom. The Labute approximate surface area is 161 Å². The van der Waals surface area contributed by atoms with Gasteiger partial charge in [0.2, 0.25) is 0 Å². The topological polar surface area (TPSA) is 98.2 Å². The summed E-state index contributed by atoms with van der Waals surface area (Å²) >= 11 is 0. The SMILES string of the molecule is O=C(O)C1CCCN(S(=O)(=O)N(CCO)CC23CC4CC(CC(C4)C2)C3)C1. The standard InChI is InChI=1S/C19H32N2O5S/c22-5-4-21(27(25,26)20-3-1-2-17(12-20)18(23)24)13-19-9-14-6-15(10-19)8-16(7-14)11-19/h14-17,22H,1-13H2,(H,23,24). The van der Waals surface area contributed by atoms with Gasteiger partial charge in [0.25, 0.3) is 10.2 Å². The maximum Gasteiger partial charge on any atom is 0.307 e. The molecule has 1 unspecified atom stereocenters. The first-order valence-corrected chi connectivity index (χ1v) is 11.8. The molecule has 4 bridgehead atoms. The number of carboxylic acids is 1. The van der Waals surface area contributed by atoms with Gasteiger partial charge in [0, 0.05) is 26.2 Å². The second kappa shape index (κ2) is 7.28. The molecule has 27 heavy (non-hydrogen) atoms. The van der Waals surface area contributed by atoms with Crippen molar-refractivity contribution in [2.75, 3.05) is 32.8 Å². The number of carbonyl (C=O) groups is 1. The molecular weight excluding hydrogens is 368 g/mol. The molecule has 0 aromatic heterocycles. The molecule has 0 aromatic rings. The summed E-state index contributed by atoms with van der Waals surface area (Å²) < 4.78 is 29.4. The van der Waals surface area contributed by atoms with E-state index in [9.17, 15) is 23.4 Å². The lowest BCUT2D eigenvalue weighted by atomic mass is 9.49. The van der Waals surface area contributed by atoms with Crippen LogP contribution in [0.4, 0.5) is 0 Å². The molecule has 1 saturated heterocycles. The molecule has 4 saturated carbocycles. The van der Waals surface area contributed by atoms with Gasteiger partial charge in [-0.1, -0.05) is 0 Å². The molecule has 2 N–H and O–H groups in total. The molecule has 1 atom stereocenters. The third kappa shape index (κ3) is 3.78. The third-order valence-corrected chi connectivity index (χ3v) is 9.36. The third-order valence-electron chi connectivity index (χ3n) is 7.41. The van der Waals surface area contributed by atoms with Crippen molar-refractivity contribution >= 4 is 16.2 Å². The molecule has 8 heteroatoms. The molecule has 5 rings (SSSR count). The summed E-state index contributed by atoms with van der Waals surface area (Å²) in [5.74, 6) is 0.651. The minimum atomic E-state index is -3.75. The van der Waals surface area contributed by atoms with Crippen LogP contribution in [0.25, 0.3) is 0 Å². The molecule has 0 radical (unpaired) electrons. The lowest BCUT2D eigenvalue weighted by Gasteiger charge is -2.57. The molecule has 0 aromatic carbocycles. The summed E-state index contributed by atoms with van der Waals surface area (Å²) in [6, 6.07) is 0. The monoisotopic (exact) mass is 400 g/mol. The van der Waals surface area contributed by atoms with Gasteiger partial charge in [0.1, 0.15) is 0 Å². The Morgan fingerprint density at radius 1 is 1.11 bits per heavy atom. The maximum atomic E-state index is 13.3. The summed E-state index contributed by atoms with van der Waals surface area (Å²) in [6.07, 6.45) is 8.32. The number of hydrogen-bond acceptors (Lipinski definition) is 4. The first-order valence-electron chi connectivity index (χ1n) is 10.4. The second-order valence-corrected chi connectivity index (χ2v) is 11.4. The van der Waals surface area contributed by atoms with Gasteiger partial charge >= 0.3 is 5.97 Å². The van der Waals surface area contributed by atoms with Crippen LogP contribution in [0.2, 0.25) is 0 Å². The largest absolute Gasteiger partial charge is 0.481 e. The van der Waals surface area contributed by atoms with E-state index in [0.29, 0.717) is 25.9 Å². The number of aliphatic hydroxyl groups excluding tert-OH is 1. The highest BCUT2D eigenvalue weighted by Gasteiger charge is 2.52.